The number of aromatic amines is 1. The molecule has 4 rings (SSSR count). The van der Waals surface area contributed by atoms with Crippen LogP contribution in [0.3, 0.4) is 0 Å². The lowest BCUT2D eigenvalue weighted by atomic mass is 9.92. The highest BCUT2D eigenvalue weighted by Crippen LogP contribution is 2.29. The number of fused-ring (bicyclic) bond motifs is 1. The number of para-hydroxylation sites is 2. The lowest BCUT2D eigenvalue weighted by molar-refractivity contribution is -0.137. The fourth-order valence-electron chi connectivity index (χ4n) is 4.51. The Hall–Kier alpha value is -1.88. The average Bonchev–Trinajstić information content (AvgIpc) is 3.08. The molecule has 2 fully saturated rings. The number of benzene rings is 1. The molecular formula is C21H30N4O. The molecule has 2 aliphatic rings. The molecule has 2 saturated heterocycles. The van der Waals surface area contributed by atoms with Gasteiger partial charge in [-0.15, -0.1) is 0 Å². The number of hydrogen-bond donors (Lipinski definition) is 1. The molecule has 5 heteroatoms. The van der Waals surface area contributed by atoms with Crippen LogP contribution in [-0.4, -0.2) is 57.9 Å². The van der Waals surface area contributed by atoms with E-state index < -0.39 is 0 Å². The second-order valence-electron chi connectivity index (χ2n) is 8.26. The van der Waals surface area contributed by atoms with Crippen LogP contribution in [0.4, 0.5) is 0 Å². The molecule has 0 spiro atoms. The van der Waals surface area contributed by atoms with Crippen LogP contribution in [0, 0.1) is 5.92 Å². The second-order valence-corrected chi connectivity index (χ2v) is 8.26. The number of rotatable bonds is 4. The third-order valence-electron chi connectivity index (χ3n) is 6.06. The van der Waals surface area contributed by atoms with E-state index >= 15 is 0 Å². The molecule has 0 aliphatic carbocycles. The van der Waals surface area contributed by atoms with Gasteiger partial charge in [0.25, 0.3) is 0 Å². The lowest BCUT2D eigenvalue weighted by Gasteiger charge is -2.39. The van der Waals surface area contributed by atoms with Crippen molar-refractivity contribution in [3.05, 3.63) is 30.1 Å². The molecule has 5 nitrogen and oxygen atoms in total. The highest BCUT2D eigenvalue weighted by Gasteiger charge is 2.30. The summed E-state index contributed by atoms with van der Waals surface area (Å²) in [5.74, 6) is 2.65. The van der Waals surface area contributed by atoms with Gasteiger partial charge >= 0.3 is 0 Å². The Kier molecular flexibility index (Phi) is 4.98. The van der Waals surface area contributed by atoms with E-state index in [1.165, 1.54) is 12.8 Å². The smallest absolute Gasteiger partial charge is 0.222 e. The van der Waals surface area contributed by atoms with Gasteiger partial charge in [-0.3, -0.25) is 4.79 Å². The molecule has 1 N–H and O–H groups in total. The van der Waals surface area contributed by atoms with Gasteiger partial charge in [-0.1, -0.05) is 12.1 Å². The molecule has 0 radical (unpaired) electrons. The molecule has 1 unspecified atom stereocenters. The normalized spacial score (nSPS) is 23.3. The number of hydrogen-bond acceptors (Lipinski definition) is 3. The Morgan fingerprint density at radius 2 is 1.96 bits per heavy atom. The van der Waals surface area contributed by atoms with E-state index in [4.69, 9.17) is 4.98 Å². The van der Waals surface area contributed by atoms with Gasteiger partial charge in [0.05, 0.1) is 11.0 Å². The number of carbonyl (C=O) groups excluding carboxylic acids is 1. The van der Waals surface area contributed by atoms with Crippen LogP contribution < -0.4 is 0 Å². The number of aromatic nitrogens is 2. The Morgan fingerprint density at radius 1 is 1.19 bits per heavy atom. The second kappa shape index (κ2) is 7.39. The van der Waals surface area contributed by atoms with Gasteiger partial charge in [0.15, 0.2) is 0 Å². The van der Waals surface area contributed by atoms with Crippen LogP contribution in [0.1, 0.15) is 51.3 Å². The van der Waals surface area contributed by atoms with Crippen molar-refractivity contribution >= 4 is 16.9 Å². The Labute approximate surface area is 155 Å². The number of amides is 1. The molecular weight excluding hydrogens is 324 g/mol. The lowest BCUT2D eigenvalue weighted by Crippen LogP contribution is -2.47. The summed E-state index contributed by atoms with van der Waals surface area (Å²) >= 11 is 0. The fraction of sp³-hybridized carbons (Fsp3) is 0.619. The van der Waals surface area contributed by atoms with Gasteiger partial charge in [-0.2, -0.15) is 0 Å². The van der Waals surface area contributed by atoms with Crippen molar-refractivity contribution in [1.29, 1.82) is 0 Å². The van der Waals surface area contributed by atoms with Crippen LogP contribution in [-0.2, 0) is 4.79 Å². The topological polar surface area (TPSA) is 52.2 Å². The zero-order valence-electron chi connectivity index (χ0n) is 15.9. The minimum absolute atomic E-state index is 0.323. The molecule has 2 aliphatic heterocycles. The largest absolute Gasteiger partial charge is 0.342 e. The van der Waals surface area contributed by atoms with Crippen molar-refractivity contribution in [2.75, 3.05) is 26.2 Å². The highest BCUT2D eigenvalue weighted by atomic mass is 16.2. The van der Waals surface area contributed by atoms with Gasteiger partial charge in [0.1, 0.15) is 5.82 Å². The number of likely N-dealkylation sites (tertiary alicyclic amines) is 2. The van der Waals surface area contributed by atoms with Crippen LogP contribution in [0.25, 0.3) is 11.0 Å². The zero-order chi connectivity index (χ0) is 18.1. The van der Waals surface area contributed by atoms with Crippen LogP contribution in [0.2, 0.25) is 0 Å². The van der Waals surface area contributed by atoms with Gasteiger partial charge in [0, 0.05) is 31.5 Å². The first-order valence-electron chi connectivity index (χ1n) is 10.1. The first kappa shape index (κ1) is 17.5. The summed E-state index contributed by atoms with van der Waals surface area (Å²) in [5.41, 5.74) is 2.22. The van der Waals surface area contributed by atoms with Crippen LogP contribution in [0.15, 0.2) is 24.3 Å². The van der Waals surface area contributed by atoms with Crippen LogP contribution >= 0.6 is 0 Å². The quantitative estimate of drug-likeness (QED) is 0.916. The molecule has 1 atom stereocenters. The first-order valence-corrected chi connectivity index (χ1v) is 10.1. The minimum atomic E-state index is 0.323. The molecule has 26 heavy (non-hydrogen) atoms. The van der Waals surface area contributed by atoms with Crippen molar-refractivity contribution in [1.82, 2.24) is 19.8 Å². The summed E-state index contributed by atoms with van der Waals surface area (Å²) in [6.45, 7) is 8.57. The van der Waals surface area contributed by atoms with Crippen molar-refractivity contribution in [3.8, 4) is 0 Å². The van der Waals surface area contributed by atoms with Crippen molar-refractivity contribution in [2.24, 2.45) is 5.92 Å². The van der Waals surface area contributed by atoms with Gasteiger partial charge in [-0.05, 0) is 64.3 Å². The summed E-state index contributed by atoms with van der Waals surface area (Å²) in [6, 6.07) is 8.61. The standard InChI is InChI=1S/C21H30N4O/c1-15(2)25-14-16(7-8-20(25)26)13-24-11-9-17(10-12-24)21-22-18-5-3-4-6-19(18)23-21/h3-6,15-17H,7-14H2,1-2H3,(H,22,23). The first-order chi connectivity index (χ1) is 12.6. The van der Waals surface area contributed by atoms with E-state index in [-0.39, 0.29) is 0 Å². The number of carbonyl (C=O) groups is 1. The summed E-state index contributed by atoms with van der Waals surface area (Å²) in [5, 5.41) is 0. The monoisotopic (exact) mass is 354 g/mol. The predicted octanol–water partition coefficient (Wildman–Crippen LogP) is 3.39. The molecule has 140 valence electrons. The fourth-order valence-corrected chi connectivity index (χ4v) is 4.51. The van der Waals surface area contributed by atoms with E-state index in [9.17, 15) is 4.79 Å². The van der Waals surface area contributed by atoms with E-state index in [0.717, 1.165) is 55.9 Å². The van der Waals surface area contributed by atoms with Crippen molar-refractivity contribution < 1.29 is 4.79 Å². The molecule has 0 saturated carbocycles. The number of nitrogens with zero attached hydrogens (tertiary/aromatic N) is 3. The molecule has 1 amide bonds. The third-order valence-corrected chi connectivity index (χ3v) is 6.06. The minimum Gasteiger partial charge on any atom is -0.342 e. The van der Waals surface area contributed by atoms with E-state index in [1.54, 1.807) is 0 Å². The summed E-state index contributed by atoms with van der Waals surface area (Å²) in [6.07, 6.45) is 4.10. The Balaban J connectivity index is 1.31. The summed E-state index contributed by atoms with van der Waals surface area (Å²) in [7, 11) is 0. The number of piperidine rings is 2. The van der Waals surface area contributed by atoms with Gasteiger partial charge < -0.3 is 14.8 Å². The van der Waals surface area contributed by atoms with Crippen LogP contribution in [0.5, 0.6) is 0 Å². The van der Waals surface area contributed by atoms with Gasteiger partial charge in [0.2, 0.25) is 5.91 Å². The molecule has 0 bridgehead atoms. The zero-order valence-corrected chi connectivity index (χ0v) is 15.9. The number of imidazole rings is 1. The predicted molar refractivity (Wildman–Crippen MR) is 104 cm³/mol. The summed E-state index contributed by atoms with van der Waals surface area (Å²) in [4.78, 5) is 25.0. The van der Waals surface area contributed by atoms with E-state index in [2.05, 4.69) is 46.8 Å². The van der Waals surface area contributed by atoms with E-state index in [0.29, 0.717) is 23.8 Å². The van der Waals surface area contributed by atoms with Gasteiger partial charge in [-0.25, -0.2) is 4.98 Å². The third kappa shape index (κ3) is 3.63. The molecule has 2 aromatic rings. The number of H-pyrrole nitrogens is 1. The van der Waals surface area contributed by atoms with Crippen molar-refractivity contribution in [3.63, 3.8) is 0 Å². The maximum absolute atomic E-state index is 12.0. The molecule has 1 aromatic carbocycles. The number of nitrogens with one attached hydrogen (secondary N) is 1. The highest BCUT2D eigenvalue weighted by molar-refractivity contribution is 5.77. The molecule has 3 heterocycles. The maximum Gasteiger partial charge on any atom is 0.222 e. The van der Waals surface area contributed by atoms with Crippen molar-refractivity contribution in [2.45, 2.75) is 51.5 Å². The average molecular weight is 354 g/mol. The Morgan fingerprint density at radius 3 is 2.69 bits per heavy atom. The summed E-state index contributed by atoms with van der Waals surface area (Å²) < 4.78 is 0. The maximum atomic E-state index is 12.0. The SMILES string of the molecule is CC(C)N1CC(CN2CCC(c3nc4ccccc4[nH]3)CC2)CCC1=O. The van der Waals surface area contributed by atoms with E-state index in [1.807, 2.05) is 6.07 Å². The molecule has 1 aromatic heterocycles. The Bertz CT molecular complexity index is 727.